The molecule has 0 aliphatic rings. The fraction of sp³-hybridized carbons (Fsp3) is 0.111. The van der Waals surface area contributed by atoms with E-state index in [1.807, 2.05) is 36.0 Å². The smallest absolute Gasteiger partial charge is 0.119 e. The monoisotopic (exact) mass is 295 g/mol. The Hall–Kier alpha value is -2.13. The van der Waals surface area contributed by atoms with E-state index in [4.69, 9.17) is 10.5 Å². The lowest BCUT2D eigenvalue weighted by Crippen LogP contribution is -2.00. The van der Waals surface area contributed by atoms with E-state index in [-0.39, 0.29) is 0 Å². The number of fused-ring (bicyclic) bond motifs is 1. The Morgan fingerprint density at radius 3 is 2.43 bits per heavy atom. The van der Waals surface area contributed by atoms with Crippen LogP contribution in [0.4, 0.5) is 5.69 Å². The summed E-state index contributed by atoms with van der Waals surface area (Å²) in [6.45, 7) is 0.682. The van der Waals surface area contributed by atoms with Crippen molar-refractivity contribution in [3.63, 3.8) is 0 Å². The highest BCUT2D eigenvalue weighted by Gasteiger charge is 1.98. The summed E-state index contributed by atoms with van der Waals surface area (Å²) in [7, 11) is 0. The largest absolute Gasteiger partial charge is 0.493 e. The first-order valence-corrected chi connectivity index (χ1v) is 7.90. The molecule has 0 spiro atoms. The molecule has 0 heterocycles. The van der Waals surface area contributed by atoms with E-state index in [0.29, 0.717) is 6.61 Å². The molecule has 106 valence electrons. The maximum atomic E-state index is 5.69. The summed E-state index contributed by atoms with van der Waals surface area (Å²) in [6.07, 6.45) is 0. The molecule has 2 N–H and O–H groups in total. The van der Waals surface area contributed by atoms with Gasteiger partial charge in [0.15, 0.2) is 0 Å². The van der Waals surface area contributed by atoms with Crippen LogP contribution in [0.2, 0.25) is 0 Å². The van der Waals surface area contributed by atoms with Crippen molar-refractivity contribution in [2.24, 2.45) is 0 Å². The van der Waals surface area contributed by atoms with Gasteiger partial charge in [-0.15, -0.1) is 11.8 Å². The van der Waals surface area contributed by atoms with Crippen molar-refractivity contribution in [3.05, 3.63) is 66.7 Å². The molecule has 3 rings (SSSR count). The van der Waals surface area contributed by atoms with Crippen LogP contribution >= 0.6 is 11.8 Å². The zero-order chi connectivity index (χ0) is 14.5. The SMILES string of the molecule is Nc1ccc(OCCSc2ccc3ccccc3c2)cc1. The predicted octanol–water partition coefficient (Wildman–Crippen LogP) is 4.59. The van der Waals surface area contributed by atoms with Gasteiger partial charge in [0.25, 0.3) is 0 Å². The number of hydrogen-bond acceptors (Lipinski definition) is 3. The van der Waals surface area contributed by atoms with Gasteiger partial charge in [-0.1, -0.05) is 30.3 Å². The number of rotatable bonds is 5. The van der Waals surface area contributed by atoms with Gasteiger partial charge >= 0.3 is 0 Å². The van der Waals surface area contributed by atoms with Crippen LogP contribution in [-0.2, 0) is 0 Å². The lowest BCUT2D eigenvalue weighted by Gasteiger charge is -2.07. The van der Waals surface area contributed by atoms with Crippen molar-refractivity contribution in [1.82, 2.24) is 0 Å². The first kappa shape index (κ1) is 13.8. The van der Waals surface area contributed by atoms with Crippen LogP contribution in [-0.4, -0.2) is 12.4 Å². The van der Waals surface area contributed by atoms with Gasteiger partial charge < -0.3 is 10.5 Å². The minimum absolute atomic E-state index is 0.682. The van der Waals surface area contributed by atoms with E-state index in [1.165, 1.54) is 15.7 Å². The molecule has 0 atom stereocenters. The Morgan fingerprint density at radius 1 is 0.857 bits per heavy atom. The lowest BCUT2D eigenvalue weighted by atomic mass is 10.1. The average molecular weight is 295 g/mol. The fourth-order valence-corrected chi connectivity index (χ4v) is 2.92. The number of thioether (sulfide) groups is 1. The molecule has 0 unspecified atom stereocenters. The normalized spacial score (nSPS) is 10.7. The van der Waals surface area contributed by atoms with Crippen molar-refractivity contribution >= 4 is 28.2 Å². The number of nitrogen functional groups attached to an aromatic ring is 1. The number of benzene rings is 3. The second-order valence-electron chi connectivity index (χ2n) is 4.77. The number of nitrogens with two attached hydrogens (primary N) is 1. The van der Waals surface area contributed by atoms with Crippen LogP contribution in [0.5, 0.6) is 5.75 Å². The topological polar surface area (TPSA) is 35.2 Å². The van der Waals surface area contributed by atoms with E-state index in [1.54, 1.807) is 0 Å². The first-order valence-electron chi connectivity index (χ1n) is 6.91. The van der Waals surface area contributed by atoms with Crippen LogP contribution in [0.1, 0.15) is 0 Å². The summed E-state index contributed by atoms with van der Waals surface area (Å²) in [5, 5.41) is 2.56. The summed E-state index contributed by atoms with van der Waals surface area (Å²) < 4.78 is 5.69. The fourth-order valence-electron chi connectivity index (χ4n) is 2.14. The van der Waals surface area contributed by atoms with E-state index < -0.39 is 0 Å². The average Bonchev–Trinajstić information content (AvgIpc) is 2.53. The van der Waals surface area contributed by atoms with Gasteiger partial charge in [-0.2, -0.15) is 0 Å². The van der Waals surface area contributed by atoms with Crippen LogP contribution in [0.15, 0.2) is 71.6 Å². The molecule has 0 radical (unpaired) electrons. The molecule has 0 saturated heterocycles. The van der Waals surface area contributed by atoms with Gasteiger partial charge in [0.2, 0.25) is 0 Å². The van der Waals surface area contributed by atoms with Crippen molar-refractivity contribution in [2.45, 2.75) is 4.90 Å². The van der Waals surface area contributed by atoms with E-state index in [2.05, 4.69) is 42.5 Å². The third-order valence-electron chi connectivity index (χ3n) is 3.22. The lowest BCUT2D eigenvalue weighted by molar-refractivity contribution is 0.344. The summed E-state index contributed by atoms with van der Waals surface area (Å²) in [4.78, 5) is 1.27. The van der Waals surface area contributed by atoms with E-state index in [0.717, 1.165) is 17.2 Å². The molecule has 0 fully saturated rings. The van der Waals surface area contributed by atoms with Crippen molar-refractivity contribution in [3.8, 4) is 5.75 Å². The Balaban J connectivity index is 1.53. The summed E-state index contributed by atoms with van der Waals surface area (Å²) in [5.41, 5.74) is 6.40. The molecule has 3 heteroatoms. The Bertz CT molecular complexity index is 725. The van der Waals surface area contributed by atoms with E-state index in [9.17, 15) is 0 Å². The minimum Gasteiger partial charge on any atom is -0.493 e. The highest BCUT2D eigenvalue weighted by molar-refractivity contribution is 7.99. The van der Waals surface area contributed by atoms with Gasteiger partial charge in [0.05, 0.1) is 6.61 Å². The van der Waals surface area contributed by atoms with Gasteiger partial charge in [-0.3, -0.25) is 0 Å². The molecule has 3 aromatic carbocycles. The van der Waals surface area contributed by atoms with Gasteiger partial charge in [-0.05, 0) is 47.2 Å². The summed E-state index contributed by atoms with van der Waals surface area (Å²) >= 11 is 1.81. The second kappa shape index (κ2) is 6.55. The quantitative estimate of drug-likeness (QED) is 0.425. The molecule has 21 heavy (non-hydrogen) atoms. The Morgan fingerprint density at radius 2 is 1.62 bits per heavy atom. The summed E-state index contributed by atoms with van der Waals surface area (Å²) in [6, 6.07) is 22.5. The standard InChI is InChI=1S/C18H17NOS/c19-16-6-8-17(9-7-16)20-11-12-21-18-10-5-14-3-1-2-4-15(14)13-18/h1-10,13H,11-12,19H2. The van der Waals surface area contributed by atoms with Crippen molar-refractivity contribution in [1.29, 1.82) is 0 Å². The van der Waals surface area contributed by atoms with Crippen molar-refractivity contribution < 1.29 is 4.74 Å². The maximum Gasteiger partial charge on any atom is 0.119 e. The van der Waals surface area contributed by atoms with Crippen LogP contribution in [0.25, 0.3) is 10.8 Å². The minimum atomic E-state index is 0.682. The molecule has 0 aromatic heterocycles. The zero-order valence-electron chi connectivity index (χ0n) is 11.7. The van der Waals surface area contributed by atoms with Crippen LogP contribution in [0.3, 0.4) is 0 Å². The van der Waals surface area contributed by atoms with Crippen molar-refractivity contribution in [2.75, 3.05) is 18.1 Å². The molecule has 0 aliphatic heterocycles. The van der Waals surface area contributed by atoms with Gasteiger partial charge in [0.1, 0.15) is 5.75 Å². The third kappa shape index (κ3) is 3.70. The van der Waals surface area contributed by atoms with E-state index >= 15 is 0 Å². The molecular weight excluding hydrogens is 278 g/mol. The summed E-state index contributed by atoms with van der Waals surface area (Å²) in [5.74, 6) is 1.78. The molecule has 0 amide bonds. The molecular formula is C18H17NOS. The van der Waals surface area contributed by atoms with Gasteiger partial charge in [0, 0.05) is 16.3 Å². The molecule has 3 aromatic rings. The third-order valence-corrected chi connectivity index (χ3v) is 4.18. The number of ether oxygens (including phenoxy) is 1. The Labute approximate surface area is 128 Å². The van der Waals surface area contributed by atoms with Crippen LogP contribution < -0.4 is 10.5 Å². The number of anilines is 1. The van der Waals surface area contributed by atoms with Gasteiger partial charge in [-0.25, -0.2) is 0 Å². The first-order chi connectivity index (χ1) is 10.3. The highest BCUT2D eigenvalue weighted by Crippen LogP contribution is 2.23. The number of hydrogen-bond donors (Lipinski definition) is 1. The van der Waals surface area contributed by atoms with Crippen LogP contribution in [0, 0.1) is 0 Å². The maximum absolute atomic E-state index is 5.69. The molecule has 2 nitrogen and oxygen atoms in total. The molecule has 0 aliphatic carbocycles. The zero-order valence-corrected chi connectivity index (χ0v) is 12.5. The molecule has 0 bridgehead atoms. The second-order valence-corrected chi connectivity index (χ2v) is 5.94. The Kier molecular flexibility index (Phi) is 4.31. The predicted molar refractivity (Wildman–Crippen MR) is 91.0 cm³/mol. The highest BCUT2D eigenvalue weighted by atomic mass is 32.2. The molecule has 0 saturated carbocycles.